The van der Waals surface area contributed by atoms with Crippen molar-refractivity contribution >= 4 is 22.4 Å². The average Bonchev–Trinajstić information content (AvgIpc) is 2.59. The van der Waals surface area contributed by atoms with Crippen molar-refractivity contribution in [1.82, 2.24) is 4.98 Å². The fraction of sp³-hybridized carbons (Fsp3) is 0.158. The number of hydrogen-bond acceptors (Lipinski definition) is 4. The zero-order chi connectivity index (χ0) is 16.4. The lowest BCUT2D eigenvalue weighted by molar-refractivity contribution is 0.103. The maximum absolute atomic E-state index is 13.0. The van der Waals surface area contributed by atoms with Crippen molar-refractivity contribution in [1.29, 1.82) is 0 Å². The number of benzene rings is 2. The molecule has 0 radical (unpaired) electrons. The molecule has 0 unspecified atom stereocenters. The molecule has 23 heavy (non-hydrogen) atoms. The fourth-order valence-corrected chi connectivity index (χ4v) is 2.72. The van der Waals surface area contributed by atoms with Gasteiger partial charge in [0.05, 0.1) is 18.3 Å². The van der Waals surface area contributed by atoms with E-state index in [0.717, 1.165) is 16.6 Å². The van der Waals surface area contributed by atoms with Crippen LogP contribution in [0, 0.1) is 0 Å². The summed E-state index contributed by atoms with van der Waals surface area (Å²) in [6.07, 6.45) is 0. The summed E-state index contributed by atoms with van der Waals surface area (Å²) < 4.78 is 5.43. The van der Waals surface area contributed by atoms with Crippen LogP contribution < -0.4 is 9.64 Å². The summed E-state index contributed by atoms with van der Waals surface area (Å²) in [5.41, 5.74) is 2.73. The third-order valence-electron chi connectivity index (χ3n) is 3.74. The van der Waals surface area contributed by atoms with Gasteiger partial charge in [0.2, 0.25) is 11.7 Å². The van der Waals surface area contributed by atoms with Gasteiger partial charge in [0.1, 0.15) is 5.56 Å². The Morgan fingerprint density at radius 3 is 2.30 bits per heavy atom. The Bertz CT molecular complexity index is 858. The number of hydrogen-bond donors (Lipinski definition) is 0. The van der Waals surface area contributed by atoms with E-state index in [9.17, 15) is 4.79 Å². The summed E-state index contributed by atoms with van der Waals surface area (Å²) in [7, 11) is 5.38. The number of carbonyl (C=O) groups excluding carboxylic acids is 1. The van der Waals surface area contributed by atoms with Crippen molar-refractivity contribution < 1.29 is 9.53 Å². The first-order valence-electron chi connectivity index (χ1n) is 7.37. The summed E-state index contributed by atoms with van der Waals surface area (Å²) >= 11 is 0. The first-order valence-corrected chi connectivity index (χ1v) is 7.37. The first-order chi connectivity index (χ1) is 11.1. The number of methoxy groups -OCH3 is 1. The molecule has 0 spiro atoms. The lowest BCUT2D eigenvalue weighted by Gasteiger charge is -2.21. The second-order valence-electron chi connectivity index (χ2n) is 5.45. The van der Waals surface area contributed by atoms with Crippen LogP contribution in [0.25, 0.3) is 10.9 Å². The fourth-order valence-electron chi connectivity index (χ4n) is 2.72. The summed E-state index contributed by atoms with van der Waals surface area (Å²) in [5, 5.41) is 0.928. The van der Waals surface area contributed by atoms with Crippen molar-refractivity contribution in [2.75, 3.05) is 26.1 Å². The third kappa shape index (κ3) is 2.63. The second kappa shape index (κ2) is 6.08. The number of ketones is 1. The van der Waals surface area contributed by atoms with Crippen LogP contribution in [0.4, 0.5) is 5.69 Å². The molecule has 1 aromatic heterocycles. The molecule has 116 valence electrons. The average molecular weight is 306 g/mol. The van der Waals surface area contributed by atoms with Crippen molar-refractivity contribution in [2.45, 2.75) is 0 Å². The Morgan fingerprint density at radius 1 is 1.00 bits per heavy atom. The van der Waals surface area contributed by atoms with Crippen LogP contribution in [0.2, 0.25) is 0 Å². The van der Waals surface area contributed by atoms with E-state index in [1.54, 1.807) is 12.1 Å². The summed E-state index contributed by atoms with van der Waals surface area (Å²) in [6.45, 7) is 0. The molecule has 0 aliphatic carbocycles. The highest BCUT2D eigenvalue weighted by atomic mass is 16.5. The Kier molecular flexibility index (Phi) is 3.98. The normalized spacial score (nSPS) is 10.6. The van der Waals surface area contributed by atoms with Gasteiger partial charge in [-0.1, -0.05) is 48.5 Å². The van der Waals surface area contributed by atoms with Crippen molar-refractivity contribution in [2.24, 2.45) is 0 Å². The van der Waals surface area contributed by atoms with Crippen LogP contribution in [0.3, 0.4) is 0 Å². The van der Waals surface area contributed by atoms with Crippen LogP contribution in [-0.2, 0) is 0 Å². The van der Waals surface area contributed by atoms with Crippen molar-refractivity contribution in [3.05, 3.63) is 65.7 Å². The van der Waals surface area contributed by atoms with E-state index in [-0.39, 0.29) is 5.78 Å². The monoisotopic (exact) mass is 306 g/mol. The molecular formula is C19H18N2O2. The molecule has 3 rings (SSSR count). The maximum Gasteiger partial charge on any atom is 0.227 e. The molecule has 0 N–H and O–H groups in total. The van der Waals surface area contributed by atoms with Crippen LogP contribution in [0.5, 0.6) is 5.88 Å². The lowest BCUT2D eigenvalue weighted by Crippen LogP contribution is -2.17. The number of fused-ring (bicyclic) bond motifs is 1. The molecule has 0 amide bonds. The molecule has 4 nitrogen and oxygen atoms in total. The van der Waals surface area contributed by atoms with E-state index >= 15 is 0 Å². The van der Waals surface area contributed by atoms with Gasteiger partial charge in [-0.3, -0.25) is 4.79 Å². The van der Waals surface area contributed by atoms with Crippen LogP contribution >= 0.6 is 0 Å². The SMILES string of the molecule is COc1nc2ccccc2c(N(C)C)c1C(=O)c1ccccc1. The highest BCUT2D eigenvalue weighted by Gasteiger charge is 2.24. The molecule has 0 fully saturated rings. The van der Waals surface area contributed by atoms with Crippen molar-refractivity contribution in [3.8, 4) is 5.88 Å². The number of para-hydroxylation sites is 1. The van der Waals surface area contributed by atoms with E-state index in [4.69, 9.17) is 4.74 Å². The zero-order valence-electron chi connectivity index (χ0n) is 13.4. The minimum atomic E-state index is -0.0931. The predicted octanol–water partition coefficient (Wildman–Crippen LogP) is 3.54. The van der Waals surface area contributed by atoms with E-state index in [2.05, 4.69) is 4.98 Å². The third-order valence-corrected chi connectivity index (χ3v) is 3.74. The van der Waals surface area contributed by atoms with Gasteiger partial charge in [0.15, 0.2) is 0 Å². The maximum atomic E-state index is 13.0. The first kappa shape index (κ1) is 15.0. The molecule has 3 aromatic rings. The van der Waals surface area contributed by atoms with Gasteiger partial charge < -0.3 is 9.64 Å². The van der Waals surface area contributed by atoms with Gasteiger partial charge in [-0.05, 0) is 6.07 Å². The number of rotatable bonds is 4. The van der Waals surface area contributed by atoms with Crippen LogP contribution in [-0.4, -0.2) is 32.0 Å². The molecule has 4 heteroatoms. The zero-order valence-corrected chi connectivity index (χ0v) is 13.4. The largest absolute Gasteiger partial charge is 0.480 e. The summed E-state index contributed by atoms with van der Waals surface area (Å²) in [4.78, 5) is 19.5. The molecule has 1 heterocycles. The van der Waals surface area contributed by atoms with E-state index in [1.165, 1.54) is 7.11 Å². The van der Waals surface area contributed by atoms with Gasteiger partial charge in [0, 0.05) is 25.0 Å². The van der Waals surface area contributed by atoms with E-state index < -0.39 is 0 Å². The van der Waals surface area contributed by atoms with E-state index in [0.29, 0.717) is 17.0 Å². The number of anilines is 1. The number of pyridine rings is 1. The van der Waals surface area contributed by atoms with Gasteiger partial charge in [0.25, 0.3) is 0 Å². The molecule has 0 saturated carbocycles. The van der Waals surface area contributed by atoms with Crippen molar-refractivity contribution in [3.63, 3.8) is 0 Å². The Balaban J connectivity index is 2.34. The minimum Gasteiger partial charge on any atom is -0.480 e. The van der Waals surface area contributed by atoms with Gasteiger partial charge in [-0.2, -0.15) is 0 Å². The lowest BCUT2D eigenvalue weighted by atomic mass is 9.99. The second-order valence-corrected chi connectivity index (χ2v) is 5.45. The van der Waals surface area contributed by atoms with Gasteiger partial charge >= 0.3 is 0 Å². The Morgan fingerprint density at radius 2 is 1.65 bits per heavy atom. The number of aromatic nitrogens is 1. The summed E-state index contributed by atoms with van der Waals surface area (Å²) in [6, 6.07) is 17.0. The molecule has 0 saturated heterocycles. The molecule has 0 atom stereocenters. The molecule has 2 aromatic carbocycles. The molecule has 0 bridgehead atoms. The standard InChI is InChI=1S/C19H18N2O2/c1-21(2)17-14-11-7-8-12-15(14)20-19(23-3)16(17)18(22)13-9-5-4-6-10-13/h4-12H,1-3H3. The molecule has 0 aliphatic heterocycles. The Hall–Kier alpha value is -2.88. The van der Waals surface area contributed by atoms with Gasteiger partial charge in [-0.25, -0.2) is 4.98 Å². The molecular weight excluding hydrogens is 288 g/mol. The van der Waals surface area contributed by atoms with Gasteiger partial charge in [-0.15, -0.1) is 0 Å². The summed E-state index contributed by atoms with van der Waals surface area (Å²) in [5.74, 6) is 0.255. The highest BCUT2D eigenvalue weighted by molar-refractivity contribution is 6.17. The topological polar surface area (TPSA) is 42.4 Å². The number of ether oxygens (including phenoxy) is 1. The minimum absolute atomic E-state index is 0.0931. The van der Waals surface area contributed by atoms with E-state index in [1.807, 2.05) is 61.5 Å². The van der Waals surface area contributed by atoms with Crippen LogP contribution in [0.15, 0.2) is 54.6 Å². The molecule has 0 aliphatic rings. The number of carbonyl (C=O) groups is 1. The predicted molar refractivity (Wildman–Crippen MR) is 92.5 cm³/mol. The Labute approximate surface area is 135 Å². The number of nitrogens with zero attached hydrogens (tertiary/aromatic N) is 2. The smallest absolute Gasteiger partial charge is 0.227 e. The highest BCUT2D eigenvalue weighted by Crippen LogP contribution is 2.35. The van der Waals surface area contributed by atoms with Crippen LogP contribution in [0.1, 0.15) is 15.9 Å². The quantitative estimate of drug-likeness (QED) is 0.691.